The number of aliphatic hydroxyl groups is 1. The van der Waals surface area contributed by atoms with Crippen molar-refractivity contribution < 1.29 is 47.3 Å². The molecule has 0 radical (unpaired) electrons. The molecule has 15 heteroatoms. The Morgan fingerprint density at radius 2 is 0.926 bits per heavy atom. The maximum atomic E-state index is 12.2. The average molecular weight is 870 g/mol. The van der Waals surface area contributed by atoms with E-state index in [1.165, 1.54) is 13.8 Å². The van der Waals surface area contributed by atoms with Crippen LogP contribution < -0.4 is 0 Å². The fourth-order valence-electron chi connectivity index (χ4n) is 3.78. The number of carbonyl (C=O) groups excluding carboxylic acids is 4. The zero-order valence-corrected chi connectivity index (χ0v) is 41.5. The van der Waals surface area contributed by atoms with E-state index in [4.69, 9.17) is 28.2 Å². The Morgan fingerprint density at radius 1 is 0.630 bits per heavy atom. The molecule has 0 aliphatic rings. The number of carbonyl (C=O) groups is 4. The lowest BCUT2D eigenvalue weighted by Gasteiger charge is -2.37. The molecule has 0 aromatic rings. The maximum absolute atomic E-state index is 12.2. The van der Waals surface area contributed by atoms with Crippen molar-refractivity contribution in [3.05, 3.63) is 0 Å². The number of aliphatic hydroxyl groups excluding tert-OH is 1. The molecule has 2 atom stereocenters. The molecule has 10 nitrogen and oxygen atoms in total. The highest BCUT2D eigenvalue weighted by molar-refractivity contribution is 7.59. The molecule has 0 unspecified atom stereocenters. The normalized spacial score (nSPS) is 13.0. The lowest BCUT2D eigenvalue weighted by atomic mass is 10.0. The standard InChI is InChI=1S/C19H38O5Si.C17H36O4Si.C2H3ClO.CH4.2H2S/c1-15(20)22-12-10-11-16(13-17(21)24-18(2,3)4)14-23-25(8,9)19(5,6)7;1-16(2,3)21-15(19)12-14(10-9-11-18)13-20-22(7,8)17(4,5)6;1-2(3)4;;;/h16H,10-14H2,1-9H3;14,18H,9-13H2,1-8H3;1H3;1H4;2*1H2/t16-;14-;;;;/m11..../s1. The summed E-state index contributed by atoms with van der Waals surface area (Å²) in [5.41, 5.74) is -0.946. The predicted molar refractivity (Wildman–Crippen MR) is 240 cm³/mol. The molecule has 0 aliphatic heterocycles. The molecule has 54 heavy (non-hydrogen) atoms. The first-order chi connectivity index (χ1) is 22.7. The van der Waals surface area contributed by atoms with Crippen LogP contribution in [0.5, 0.6) is 0 Å². The van der Waals surface area contributed by atoms with Crippen molar-refractivity contribution >= 4 is 78.4 Å². The SMILES string of the molecule is C.CC(=O)Cl.CC(=O)OCCC[C@@H](CO[Si](C)(C)C(C)(C)C)CC(=O)OC(C)(C)C.CC(C)(C)OC(=O)C[C@@H](CCCO)CO[Si](C)(C)C(C)(C)C.S.S. The third-order valence-corrected chi connectivity index (χ3v) is 17.6. The minimum Gasteiger partial charge on any atom is -0.466 e. The van der Waals surface area contributed by atoms with Gasteiger partial charge in [-0.2, -0.15) is 27.0 Å². The first kappa shape index (κ1) is 65.2. The second-order valence-corrected chi connectivity index (χ2v) is 28.4. The Hall–Kier alpha value is -0.616. The lowest BCUT2D eigenvalue weighted by Crippen LogP contribution is -2.42. The number of hydrogen-bond acceptors (Lipinski definition) is 10. The topological polar surface area (TPSA) is 135 Å². The highest BCUT2D eigenvalue weighted by atomic mass is 35.5. The van der Waals surface area contributed by atoms with Crippen LogP contribution >= 0.6 is 38.6 Å². The molecule has 0 saturated carbocycles. The largest absolute Gasteiger partial charge is 0.466 e. The first-order valence-corrected chi connectivity index (χ1v) is 24.5. The average Bonchev–Trinajstić information content (AvgIpc) is 2.87. The monoisotopic (exact) mass is 868 g/mol. The molecule has 328 valence electrons. The first-order valence-electron chi connectivity index (χ1n) is 18.3. The summed E-state index contributed by atoms with van der Waals surface area (Å²) >= 11 is 4.64. The smallest absolute Gasteiger partial charge is 0.306 e. The molecule has 0 aliphatic carbocycles. The second kappa shape index (κ2) is 29.6. The van der Waals surface area contributed by atoms with Gasteiger partial charge < -0.3 is 28.2 Å². The molecule has 0 heterocycles. The van der Waals surface area contributed by atoms with Crippen molar-refractivity contribution in [2.75, 3.05) is 26.4 Å². The van der Waals surface area contributed by atoms with Crippen molar-refractivity contribution in [3.63, 3.8) is 0 Å². The van der Waals surface area contributed by atoms with Crippen molar-refractivity contribution in [1.82, 2.24) is 0 Å². The number of halogens is 1. The van der Waals surface area contributed by atoms with E-state index in [-0.39, 0.29) is 86.1 Å². The second-order valence-electron chi connectivity index (χ2n) is 18.3. The third-order valence-electron chi connectivity index (χ3n) is 8.56. The number of rotatable bonds is 17. The Morgan fingerprint density at radius 3 is 1.17 bits per heavy atom. The van der Waals surface area contributed by atoms with Crippen LogP contribution in [0, 0.1) is 11.8 Å². The number of ether oxygens (including phenoxy) is 3. The summed E-state index contributed by atoms with van der Waals surface area (Å²) in [7, 11) is -3.69. The van der Waals surface area contributed by atoms with E-state index in [9.17, 15) is 19.2 Å². The zero-order chi connectivity index (χ0) is 41.1. The van der Waals surface area contributed by atoms with Crippen LogP contribution in [-0.4, -0.2) is 82.5 Å². The summed E-state index contributed by atoms with van der Waals surface area (Å²) in [6.07, 6.45) is 3.63. The van der Waals surface area contributed by atoms with Gasteiger partial charge in [0.25, 0.3) is 0 Å². The molecule has 0 rings (SSSR count). The summed E-state index contributed by atoms with van der Waals surface area (Å²) in [5, 5.41) is 8.96. The van der Waals surface area contributed by atoms with E-state index < -0.39 is 27.8 Å². The van der Waals surface area contributed by atoms with Gasteiger partial charge in [0.1, 0.15) is 11.2 Å². The molecule has 0 saturated heterocycles. The summed E-state index contributed by atoms with van der Waals surface area (Å²) in [5.74, 6) is -0.491. The quantitative estimate of drug-likeness (QED) is 0.0495. The molecule has 0 aromatic heterocycles. The fraction of sp³-hybridized carbons (Fsp3) is 0.897. The van der Waals surface area contributed by atoms with Crippen LogP contribution in [0.4, 0.5) is 0 Å². The predicted octanol–water partition coefficient (Wildman–Crippen LogP) is 10.5. The van der Waals surface area contributed by atoms with E-state index >= 15 is 0 Å². The number of esters is 3. The molecule has 0 fully saturated rings. The third kappa shape index (κ3) is 38.3. The summed E-state index contributed by atoms with van der Waals surface area (Å²) < 4.78 is 28.4. The van der Waals surface area contributed by atoms with Crippen LogP contribution in [0.2, 0.25) is 36.3 Å². The van der Waals surface area contributed by atoms with Gasteiger partial charge in [-0.15, -0.1) is 0 Å². The Bertz CT molecular complexity index is 1030. The summed E-state index contributed by atoms with van der Waals surface area (Å²) in [6, 6.07) is 0. The molecule has 1 N–H and O–H groups in total. The van der Waals surface area contributed by atoms with E-state index in [2.05, 4.69) is 79.3 Å². The van der Waals surface area contributed by atoms with E-state index in [0.717, 1.165) is 12.8 Å². The van der Waals surface area contributed by atoms with Gasteiger partial charge in [0.2, 0.25) is 5.24 Å². The molecule has 0 aromatic carbocycles. The van der Waals surface area contributed by atoms with Gasteiger partial charge in [-0.05, 0) is 127 Å². The summed E-state index contributed by atoms with van der Waals surface area (Å²) in [4.78, 5) is 44.3. The van der Waals surface area contributed by atoms with Gasteiger partial charge in [0, 0.05) is 33.7 Å². The molecule has 0 amide bonds. The molecular weight excluding hydrogens is 784 g/mol. The van der Waals surface area contributed by atoms with Crippen molar-refractivity contribution in [3.8, 4) is 0 Å². The van der Waals surface area contributed by atoms with Crippen molar-refractivity contribution in [2.24, 2.45) is 11.8 Å². The minimum absolute atomic E-state index is 0. The van der Waals surface area contributed by atoms with Gasteiger partial charge in [-0.1, -0.05) is 49.0 Å². The van der Waals surface area contributed by atoms with Crippen molar-refractivity contribution in [2.45, 2.75) is 190 Å². The maximum Gasteiger partial charge on any atom is 0.306 e. The minimum atomic E-state index is -1.87. The Labute approximate surface area is 352 Å². The van der Waals surface area contributed by atoms with Crippen molar-refractivity contribution in [1.29, 1.82) is 0 Å². The fourth-order valence-corrected chi connectivity index (χ4v) is 5.95. The van der Waals surface area contributed by atoms with Crippen LogP contribution in [0.25, 0.3) is 0 Å². The van der Waals surface area contributed by atoms with Gasteiger partial charge in [0.05, 0.1) is 19.4 Å². The van der Waals surface area contributed by atoms with Crippen LogP contribution in [0.15, 0.2) is 0 Å². The highest BCUT2D eigenvalue weighted by Crippen LogP contribution is 2.38. The van der Waals surface area contributed by atoms with Crippen LogP contribution in [-0.2, 0) is 42.2 Å². The van der Waals surface area contributed by atoms with E-state index in [1.54, 1.807) is 0 Å². The Kier molecular flexibility index (Phi) is 35.7. The zero-order valence-electron chi connectivity index (χ0n) is 36.7. The van der Waals surface area contributed by atoms with Crippen LogP contribution in [0.3, 0.4) is 0 Å². The number of hydrogen-bond donors (Lipinski definition) is 1. The van der Waals surface area contributed by atoms with Gasteiger partial charge >= 0.3 is 17.9 Å². The van der Waals surface area contributed by atoms with Gasteiger partial charge in [-0.25, -0.2) is 0 Å². The Balaban J connectivity index is -0.000000185. The van der Waals surface area contributed by atoms with Crippen LogP contribution in [0.1, 0.15) is 143 Å². The van der Waals surface area contributed by atoms with Gasteiger partial charge in [-0.3, -0.25) is 19.2 Å². The lowest BCUT2D eigenvalue weighted by molar-refractivity contribution is -0.157. The highest BCUT2D eigenvalue weighted by Gasteiger charge is 2.39. The molecular formula is C39H85ClO10S2Si2. The van der Waals surface area contributed by atoms with E-state index in [0.29, 0.717) is 45.5 Å². The summed E-state index contributed by atoms with van der Waals surface area (Å²) in [6.45, 7) is 37.6. The van der Waals surface area contributed by atoms with E-state index in [1.807, 2.05) is 41.5 Å². The van der Waals surface area contributed by atoms with Gasteiger partial charge in [0.15, 0.2) is 16.6 Å². The molecule has 0 spiro atoms. The molecule has 0 bridgehead atoms.